The monoisotopic (exact) mass is 241 g/mol. The van der Waals surface area contributed by atoms with Crippen molar-refractivity contribution in [3.63, 3.8) is 0 Å². The van der Waals surface area contributed by atoms with Gasteiger partial charge in [-0.05, 0) is 12.8 Å². The van der Waals surface area contributed by atoms with Gasteiger partial charge in [0.25, 0.3) is 0 Å². The Morgan fingerprint density at radius 2 is 2.31 bits per heavy atom. The first-order valence-corrected chi connectivity index (χ1v) is 6.32. The molecule has 1 aliphatic carbocycles. The number of rotatable bonds is 4. The van der Waals surface area contributed by atoms with E-state index in [1.807, 2.05) is 0 Å². The summed E-state index contributed by atoms with van der Waals surface area (Å²) in [7, 11) is 0. The molecule has 4 N–H and O–H groups in total. The number of thioether (sulfide) groups is 1. The summed E-state index contributed by atoms with van der Waals surface area (Å²) in [5, 5.41) is 9.88. The minimum absolute atomic E-state index is 0.0419. The number of H-pyrrole nitrogens is 1. The maximum absolute atomic E-state index is 11.6. The lowest BCUT2D eigenvalue weighted by Crippen LogP contribution is -2.33. The molecule has 0 unspecified atom stereocenters. The Kier molecular flexibility index (Phi) is 3.66. The van der Waals surface area contributed by atoms with E-state index in [2.05, 4.69) is 20.5 Å². The van der Waals surface area contributed by atoms with Gasteiger partial charge < -0.3 is 11.1 Å². The number of nitrogens with one attached hydrogen (secondary N) is 2. The molecule has 7 heteroatoms. The van der Waals surface area contributed by atoms with Gasteiger partial charge in [0.05, 0.1) is 5.75 Å². The average Bonchev–Trinajstić information content (AvgIpc) is 2.87. The Hall–Kier alpha value is -1.24. The van der Waals surface area contributed by atoms with Crippen LogP contribution in [-0.4, -0.2) is 32.9 Å². The number of nitrogens with two attached hydrogens (primary N) is 1. The van der Waals surface area contributed by atoms with Gasteiger partial charge in [0.1, 0.15) is 0 Å². The molecule has 1 aromatic rings. The Balaban J connectivity index is 1.71. The van der Waals surface area contributed by atoms with E-state index >= 15 is 0 Å². The third kappa shape index (κ3) is 3.13. The number of nitrogens with zero attached hydrogens (tertiary/aromatic N) is 2. The van der Waals surface area contributed by atoms with Crippen molar-refractivity contribution < 1.29 is 4.79 Å². The molecular weight excluding hydrogens is 226 g/mol. The molecule has 16 heavy (non-hydrogen) atoms. The predicted octanol–water partition coefficient (Wildman–Crippen LogP) is 0.538. The summed E-state index contributed by atoms with van der Waals surface area (Å²) >= 11 is 1.29. The molecular formula is C9H15N5OS. The molecule has 1 saturated carbocycles. The lowest BCUT2D eigenvalue weighted by atomic mass is 10.2. The quantitative estimate of drug-likeness (QED) is 0.668. The summed E-state index contributed by atoms with van der Waals surface area (Å²) in [6.45, 7) is 0. The van der Waals surface area contributed by atoms with Gasteiger partial charge in [-0.15, -0.1) is 5.10 Å². The van der Waals surface area contributed by atoms with Crippen molar-refractivity contribution in [2.75, 3.05) is 11.5 Å². The fourth-order valence-electron chi connectivity index (χ4n) is 1.79. The second-order valence-electron chi connectivity index (χ2n) is 3.84. The topological polar surface area (TPSA) is 96.7 Å². The molecule has 0 aromatic carbocycles. The van der Waals surface area contributed by atoms with Gasteiger partial charge in [-0.2, -0.15) is 4.98 Å². The fraction of sp³-hybridized carbons (Fsp3) is 0.667. The molecule has 1 amide bonds. The zero-order valence-corrected chi connectivity index (χ0v) is 9.72. The molecule has 1 heterocycles. The molecule has 0 spiro atoms. The Bertz CT molecular complexity index is 361. The number of anilines is 1. The van der Waals surface area contributed by atoms with Crippen LogP contribution in [0.15, 0.2) is 5.16 Å². The Labute approximate surface area is 97.8 Å². The highest BCUT2D eigenvalue weighted by Crippen LogP contribution is 2.18. The first-order chi connectivity index (χ1) is 7.74. The van der Waals surface area contributed by atoms with Gasteiger partial charge >= 0.3 is 0 Å². The molecule has 0 aliphatic heterocycles. The molecule has 0 radical (unpaired) electrons. The molecule has 1 fully saturated rings. The number of amides is 1. The molecule has 1 aromatic heterocycles. The Morgan fingerprint density at radius 1 is 1.56 bits per heavy atom. The van der Waals surface area contributed by atoms with E-state index in [1.54, 1.807) is 0 Å². The summed E-state index contributed by atoms with van der Waals surface area (Å²) in [5.41, 5.74) is 5.37. The number of aromatic amines is 1. The minimum Gasteiger partial charge on any atom is -0.368 e. The highest BCUT2D eigenvalue weighted by molar-refractivity contribution is 7.99. The van der Waals surface area contributed by atoms with Crippen LogP contribution in [0.5, 0.6) is 0 Å². The maximum Gasteiger partial charge on any atom is 0.230 e. The van der Waals surface area contributed by atoms with Gasteiger partial charge in [-0.3, -0.25) is 4.79 Å². The van der Waals surface area contributed by atoms with Crippen LogP contribution in [0.1, 0.15) is 25.7 Å². The van der Waals surface area contributed by atoms with Crippen molar-refractivity contribution in [1.82, 2.24) is 20.5 Å². The SMILES string of the molecule is Nc1nc(SCC(=O)NC2CCCC2)n[nH]1. The van der Waals surface area contributed by atoms with Gasteiger partial charge in [0.2, 0.25) is 17.0 Å². The second-order valence-corrected chi connectivity index (χ2v) is 4.78. The van der Waals surface area contributed by atoms with Crippen molar-refractivity contribution >= 4 is 23.6 Å². The van der Waals surface area contributed by atoms with Crippen LogP contribution in [0.2, 0.25) is 0 Å². The van der Waals surface area contributed by atoms with Crippen molar-refractivity contribution in [3.05, 3.63) is 0 Å². The zero-order chi connectivity index (χ0) is 11.4. The molecule has 1 aliphatic rings. The van der Waals surface area contributed by atoms with Gasteiger partial charge in [0, 0.05) is 6.04 Å². The lowest BCUT2D eigenvalue weighted by Gasteiger charge is -2.10. The highest BCUT2D eigenvalue weighted by Gasteiger charge is 2.17. The van der Waals surface area contributed by atoms with Crippen LogP contribution in [0, 0.1) is 0 Å². The first-order valence-electron chi connectivity index (χ1n) is 5.34. The number of carbonyl (C=O) groups is 1. The lowest BCUT2D eigenvalue weighted by molar-refractivity contribution is -0.119. The molecule has 0 atom stereocenters. The van der Waals surface area contributed by atoms with E-state index in [9.17, 15) is 4.79 Å². The maximum atomic E-state index is 11.6. The number of hydrogen-bond acceptors (Lipinski definition) is 5. The molecule has 0 bridgehead atoms. The van der Waals surface area contributed by atoms with Crippen molar-refractivity contribution in [3.8, 4) is 0 Å². The van der Waals surface area contributed by atoms with Gasteiger partial charge in [-0.1, -0.05) is 24.6 Å². The fourth-order valence-corrected chi connectivity index (χ4v) is 2.41. The highest BCUT2D eigenvalue weighted by atomic mass is 32.2. The first kappa shape index (κ1) is 11.3. The summed E-state index contributed by atoms with van der Waals surface area (Å²) in [5.74, 6) is 0.660. The zero-order valence-electron chi connectivity index (χ0n) is 8.90. The van der Waals surface area contributed by atoms with Crippen LogP contribution in [0.3, 0.4) is 0 Å². The van der Waals surface area contributed by atoms with Gasteiger partial charge in [0.15, 0.2) is 0 Å². The van der Waals surface area contributed by atoms with E-state index in [4.69, 9.17) is 5.73 Å². The average molecular weight is 241 g/mol. The number of carbonyl (C=O) groups excluding carboxylic acids is 1. The number of hydrogen-bond donors (Lipinski definition) is 3. The van der Waals surface area contributed by atoms with Crippen LogP contribution in [-0.2, 0) is 4.79 Å². The third-order valence-electron chi connectivity index (χ3n) is 2.53. The molecule has 2 rings (SSSR count). The van der Waals surface area contributed by atoms with Crippen LogP contribution in [0.25, 0.3) is 0 Å². The van der Waals surface area contributed by atoms with Gasteiger partial charge in [-0.25, -0.2) is 5.10 Å². The summed E-state index contributed by atoms with van der Waals surface area (Å²) in [6, 6.07) is 0.366. The van der Waals surface area contributed by atoms with Crippen molar-refractivity contribution in [1.29, 1.82) is 0 Å². The molecule has 6 nitrogen and oxygen atoms in total. The van der Waals surface area contributed by atoms with Crippen LogP contribution in [0.4, 0.5) is 5.95 Å². The van der Waals surface area contributed by atoms with Crippen LogP contribution < -0.4 is 11.1 Å². The van der Waals surface area contributed by atoms with E-state index in [0.29, 0.717) is 17.0 Å². The van der Waals surface area contributed by atoms with E-state index in [-0.39, 0.29) is 11.9 Å². The second kappa shape index (κ2) is 5.20. The largest absolute Gasteiger partial charge is 0.368 e. The summed E-state index contributed by atoms with van der Waals surface area (Å²) < 4.78 is 0. The summed E-state index contributed by atoms with van der Waals surface area (Å²) in [6.07, 6.45) is 4.64. The standard InChI is InChI=1S/C9H15N5OS/c10-8-12-9(14-13-8)16-5-7(15)11-6-3-1-2-4-6/h6H,1-5H2,(H,11,15)(H3,10,12,13,14). The van der Waals surface area contributed by atoms with Crippen LogP contribution >= 0.6 is 11.8 Å². The normalized spacial score (nSPS) is 16.5. The number of aromatic nitrogens is 3. The summed E-state index contributed by atoms with van der Waals surface area (Å²) in [4.78, 5) is 15.5. The molecule has 88 valence electrons. The smallest absolute Gasteiger partial charge is 0.230 e. The predicted molar refractivity (Wildman–Crippen MR) is 61.9 cm³/mol. The van der Waals surface area contributed by atoms with E-state index in [1.165, 1.54) is 24.6 Å². The van der Waals surface area contributed by atoms with E-state index in [0.717, 1.165) is 12.8 Å². The van der Waals surface area contributed by atoms with Crippen molar-refractivity contribution in [2.45, 2.75) is 36.9 Å². The Morgan fingerprint density at radius 3 is 2.94 bits per heavy atom. The van der Waals surface area contributed by atoms with E-state index < -0.39 is 0 Å². The van der Waals surface area contributed by atoms with Crippen molar-refractivity contribution in [2.24, 2.45) is 0 Å². The molecule has 0 saturated heterocycles. The minimum atomic E-state index is 0.0419. The third-order valence-corrected chi connectivity index (χ3v) is 3.38. The number of nitrogen functional groups attached to an aromatic ring is 1.